The highest BCUT2D eigenvalue weighted by Crippen LogP contribution is 2.32. The van der Waals surface area contributed by atoms with E-state index in [0.29, 0.717) is 0 Å². The van der Waals surface area contributed by atoms with Crippen LogP contribution in [0.25, 0.3) is 0 Å². The average molecular weight is 315 g/mol. The topological polar surface area (TPSA) is 12.5 Å². The van der Waals surface area contributed by atoms with E-state index >= 15 is 0 Å². The van der Waals surface area contributed by atoms with Gasteiger partial charge < -0.3 is 9.64 Å². The van der Waals surface area contributed by atoms with E-state index in [0.717, 1.165) is 25.0 Å². The van der Waals surface area contributed by atoms with Crippen molar-refractivity contribution >= 4 is 28.3 Å². The van der Waals surface area contributed by atoms with Crippen LogP contribution in [0.15, 0.2) is 24.3 Å². The Morgan fingerprint density at radius 2 is 1.67 bits per heavy atom. The van der Waals surface area contributed by atoms with Gasteiger partial charge in [-0.25, -0.2) is 0 Å². The number of anilines is 1. The minimum absolute atomic E-state index is 0.768. The molecule has 0 N–H and O–H groups in total. The molecule has 0 radical (unpaired) electrons. The monoisotopic (exact) mass is 315 g/mol. The highest BCUT2D eigenvalue weighted by Gasteiger charge is 2.36. The number of hydrogen-bond donors (Lipinski definition) is 0. The van der Waals surface area contributed by atoms with Gasteiger partial charge in [-0.15, -0.1) is 0 Å². The molecule has 0 aliphatic carbocycles. The lowest BCUT2D eigenvalue weighted by Gasteiger charge is -2.19. The molecule has 2 aliphatic heterocycles. The third-order valence-corrected chi connectivity index (χ3v) is 4.15. The Kier molecular flexibility index (Phi) is 2.60. The summed E-state index contributed by atoms with van der Waals surface area (Å²) in [5.41, 5.74) is 1.37. The highest BCUT2D eigenvalue weighted by atomic mass is 127. The molecular weight excluding hydrogens is 301 g/mol. The Hall–Kier alpha value is -0.290. The number of rotatable bonds is 1. The van der Waals surface area contributed by atoms with E-state index in [9.17, 15) is 0 Å². The minimum atomic E-state index is 0.768. The lowest BCUT2D eigenvalue weighted by Crippen LogP contribution is -2.21. The second kappa shape index (κ2) is 3.94. The van der Waals surface area contributed by atoms with Gasteiger partial charge in [0.1, 0.15) is 0 Å². The Balaban J connectivity index is 1.76. The van der Waals surface area contributed by atoms with E-state index in [2.05, 4.69) is 51.8 Å². The third kappa shape index (κ3) is 1.87. The van der Waals surface area contributed by atoms with E-state index in [1.807, 2.05) is 0 Å². The van der Waals surface area contributed by atoms with E-state index in [-0.39, 0.29) is 0 Å². The molecule has 15 heavy (non-hydrogen) atoms. The Bertz CT molecular complexity index is 339. The SMILES string of the molecule is Ic1ccc(N2C[C@H]3COC[C@H]3C2)cc1. The summed E-state index contributed by atoms with van der Waals surface area (Å²) in [6.45, 7) is 4.27. The third-order valence-electron chi connectivity index (χ3n) is 3.43. The molecule has 0 amide bonds. The van der Waals surface area contributed by atoms with Crippen LogP contribution in [0.5, 0.6) is 0 Å². The zero-order chi connectivity index (χ0) is 10.3. The van der Waals surface area contributed by atoms with E-state index < -0.39 is 0 Å². The molecule has 1 aromatic carbocycles. The summed E-state index contributed by atoms with van der Waals surface area (Å²) in [6, 6.07) is 8.81. The number of nitrogens with zero attached hydrogens (tertiary/aromatic N) is 1. The number of fused-ring (bicyclic) bond motifs is 1. The van der Waals surface area contributed by atoms with Gasteiger partial charge in [0.25, 0.3) is 0 Å². The Labute approximate surface area is 104 Å². The van der Waals surface area contributed by atoms with Crippen LogP contribution in [0.2, 0.25) is 0 Å². The fourth-order valence-electron chi connectivity index (χ4n) is 2.55. The quantitative estimate of drug-likeness (QED) is 0.738. The highest BCUT2D eigenvalue weighted by molar-refractivity contribution is 14.1. The Morgan fingerprint density at radius 3 is 2.27 bits per heavy atom. The van der Waals surface area contributed by atoms with Crippen molar-refractivity contribution in [3.05, 3.63) is 27.8 Å². The standard InChI is InChI=1S/C12H14INO/c13-11-1-3-12(4-2-11)14-5-9-7-15-8-10(9)6-14/h1-4,9-10H,5-8H2/t9-,10+. The van der Waals surface area contributed by atoms with Crippen molar-refractivity contribution < 1.29 is 4.74 Å². The molecule has 2 atom stereocenters. The maximum atomic E-state index is 5.49. The smallest absolute Gasteiger partial charge is 0.0515 e. The summed E-state index contributed by atoms with van der Waals surface area (Å²) in [4.78, 5) is 2.49. The predicted molar refractivity (Wildman–Crippen MR) is 69.2 cm³/mol. The van der Waals surface area contributed by atoms with Gasteiger partial charge >= 0.3 is 0 Å². The van der Waals surface area contributed by atoms with Gasteiger partial charge in [-0.05, 0) is 46.9 Å². The first kappa shape index (κ1) is 9.90. The van der Waals surface area contributed by atoms with Crippen molar-refractivity contribution in [3.63, 3.8) is 0 Å². The summed E-state index contributed by atoms with van der Waals surface area (Å²) < 4.78 is 6.79. The van der Waals surface area contributed by atoms with Gasteiger partial charge in [0.2, 0.25) is 0 Å². The fraction of sp³-hybridized carbons (Fsp3) is 0.500. The van der Waals surface area contributed by atoms with Crippen LogP contribution < -0.4 is 4.90 Å². The van der Waals surface area contributed by atoms with E-state index in [1.165, 1.54) is 22.3 Å². The number of hydrogen-bond acceptors (Lipinski definition) is 2. The molecule has 3 rings (SSSR count). The molecule has 0 unspecified atom stereocenters. The fourth-order valence-corrected chi connectivity index (χ4v) is 2.91. The Morgan fingerprint density at radius 1 is 1.07 bits per heavy atom. The molecule has 2 saturated heterocycles. The maximum Gasteiger partial charge on any atom is 0.0515 e. The number of ether oxygens (including phenoxy) is 1. The summed E-state index contributed by atoms with van der Waals surface area (Å²) in [7, 11) is 0. The van der Waals surface area contributed by atoms with E-state index in [4.69, 9.17) is 4.74 Å². The summed E-state index contributed by atoms with van der Waals surface area (Å²) in [5.74, 6) is 1.54. The second-order valence-corrected chi connectivity index (χ2v) is 5.68. The molecule has 2 fully saturated rings. The molecule has 0 bridgehead atoms. The van der Waals surface area contributed by atoms with Crippen molar-refractivity contribution in [3.8, 4) is 0 Å². The zero-order valence-electron chi connectivity index (χ0n) is 8.53. The average Bonchev–Trinajstić information content (AvgIpc) is 2.78. The van der Waals surface area contributed by atoms with Gasteiger partial charge in [0, 0.05) is 34.2 Å². The molecule has 1 aromatic rings. The molecule has 0 saturated carbocycles. The molecule has 0 spiro atoms. The van der Waals surface area contributed by atoms with Crippen LogP contribution in [-0.4, -0.2) is 26.3 Å². The van der Waals surface area contributed by atoms with Crippen molar-refractivity contribution in [2.24, 2.45) is 11.8 Å². The largest absolute Gasteiger partial charge is 0.381 e. The van der Waals surface area contributed by atoms with Gasteiger partial charge in [-0.2, -0.15) is 0 Å². The predicted octanol–water partition coefficient (Wildman–Crippen LogP) is 2.37. The van der Waals surface area contributed by atoms with Crippen LogP contribution in [0.3, 0.4) is 0 Å². The number of benzene rings is 1. The van der Waals surface area contributed by atoms with Crippen molar-refractivity contribution in [1.29, 1.82) is 0 Å². The summed E-state index contributed by atoms with van der Waals surface area (Å²) in [6.07, 6.45) is 0. The van der Waals surface area contributed by atoms with Gasteiger partial charge in [-0.3, -0.25) is 0 Å². The van der Waals surface area contributed by atoms with Crippen molar-refractivity contribution in [2.75, 3.05) is 31.2 Å². The summed E-state index contributed by atoms with van der Waals surface area (Å²) >= 11 is 2.35. The van der Waals surface area contributed by atoms with Crippen LogP contribution >= 0.6 is 22.6 Å². The van der Waals surface area contributed by atoms with Crippen LogP contribution in [0.4, 0.5) is 5.69 Å². The van der Waals surface area contributed by atoms with Crippen LogP contribution in [0.1, 0.15) is 0 Å². The normalized spacial score (nSPS) is 29.5. The molecular formula is C12H14INO. The number of halogens is 1. The van der Waals surface area contributed by atoms with Crippen molar-refractivity contribution in [1.82, 2.24) is 0 Å². The molecule has 2 nitrogen and oxygen atoms in total. The minimum Gasteiger partial charge on any atom is -0.381 e. The maximum absolute atomic E-state index is 5.49. The summed E-state index contributed by atoms with van der Waals surface area (Å²) in [5, 5.41) is 0. The first-order valence-electron chi connectivity index (χ1n) is 5.41. The van der Waals surface area contributed by atoms with Gasteiger partial charge in [-0.1, -0.05) is 0 Å². The first-order chi connectivity index (χ1) is 7.33. The van der Waals surface area contributed by atoms with Crippen molar-refractivity contribution in [2.45, 2.75) is 0 Å². The molecule has 2 aliphatic rings. The second-order valence-electron chi connectivity index (χ2n) is 4.44. The molecule has 2 heterocycles. The van der Waals surface area contributed by atoms with Crippen LogP contribution in [0, 0.1) is 15.4 Å². The zero-order valence-corrected chi connectivity index (χ0v) is 10.7. The van der Waals surface area contributed by atoms with E-state index in [1.54, 1.807) is 0 Å². The van der Waals surface area contributed by atoms with Crippen LogP contribution in [-0.2, 0) is 4.74 Å². The first-order valence-corrected chi connectivity index (χ1v) is 6.49. The molecule has 80 valence electrons. The van der Waals surface area contributed by atoms with Gasteiger partial charge in [0.05, 0.1) is 13.2 Å². The molecule has 3 heteroatoms. The lowest BCUT2D eigenvalue weighted by atomic mass is 10.0. The van der Waals surface area contributed by atoms with Gasteiger partial charge in [0.15, 0.2) is 0 Å². The molecule has 0 aromatic heterocycles. The lowest BCUT2D eigenvalue weighted by molar-refractivity contribution is 0.177.